The van der Waals surface area contributed by atoms with Crippen molar-refractivity contribution < 1.29 is 24.0 Å². The van der Waals surface area contributed by atoms with E-state index in [1.807, 2.05) is 13.8 Å². The number of carbonyl (C=O) groups excluding carboxylic acids is 2. The van der Waals surface area contributed by atoms with Crippen molar-refractivity contribution in [3.8, 4) is 0 Å². The number of benzene rings is 1. The minimum absolute atomic E-state index is 0.00608. The minimum atomic E-state index is -1.06. The van der Waals surface area contributed by atoms with E-state index in [9.17, 15) is 24.8 Å². The van der Waals surface area contributed by atoms with Crippen LogP contribution in [0.4, 0.5) is 5.69 Å². The number of carbonyl (C=O) groups is 2. The molecule has 1 aliphatic heterocycles. The standard InChI is InChI=1S/C20H20N2O6/c1-12(2)10-16(23)17-18(14-7-3-4-8-15(14)22(26)27)21(20(25)19(17)24)11-13-6-5-9-28-13/h3-9,12,18,24H,10-11H2,1-2H3. The molecule has 0 fully saturated rings. The zero-order valence-corrected chi connectivity index (χ0v) is 15.5. The molecule has 2 heterocycles. The van der Waals surface area contributed by atoms with E-state index in [4.69, 9.17) is 4.42 Å². The second-order valence-electron chi connectivity index (χ2n) is 7.01. The monoisotopic (exact) mass is 384 g/mol. The summed E-state index contributed by atoms with van der Waals surface area (Å²) in [6.45, 7) is 3.64. The average Bonchev–Trinajstić information content (AvgIpc) is 3.23. The average molecular weight is 384 g/mol. The Bertz CT molecular complexity index is 945. The van der Waals surface area contributed by atoms with Gasteiger partial charge in [-0.1, -0.05) is 26.0 Å². The molecule has 1 N–H and O–H groups in total. The molecular formula is C20H20N2O6. The fourth-order valence-corrected chi connectivity index (χ4v) is 3.36. The molecular weight excluding hydrogens is 364 g/mol. The number of aliphatic hydroxyl groups excluding tert-OH is 1. The van der Waals surface area contributed by atoms with Crippen LogP contribution in [0.2, 0.25) is 0 Å². The smallest absolute Gasteiger partial charge is 0.290 e. The second kappa shape index (κ2) is 7.67. The second-order valence-corrected chi connectivity index (χ2v) is 7.01. The first-order chi connectivity index (χ1) is 13.3. The molecule has 1 unspecified atom stereocenters. The van der Waals surface area contributed by atoms with E-state index in [2.05, 4.69) is 0 Å². The summed E-state index contributed by atoms with van der Waals surface area (Å²) >= 11 is 0. The van der Waals surface area contributed by atoms with Crippen molar-refractivity contribution in [1.29, 1.82) is 0 Å². The molecule has 0 saturated carbocycles. The van der Waals surface area contributed by atoms with Crippen molar-refractivity contribution in [3.63, 3.8) is 0 Å². The number of amides is 1. The van der Waals surface area contributed by atoms with E-state index < -0.39 is 28.4 Å². The van der Waals surface area contributed by atoms with Gasteiger partial charge in [0.1, 0.15) is 5.76 Å². The van der Waals surface area contributed by atoms with Crippen LogP contribution in [-0.2, 0) is 16.1 Å². The lowest BCUT2D eigenvalue weighted by Crippen LogP contribution is -2.31. The molecule has 1 amide bonds. The quantitative estimate of drug-likeness (QED) is 0.575. The summed E-state index contributed by atoms with van der Waals surface area (Å²) in [6.07, 6.45) is 1.55. The Morgan fingerprint density at radius 2 is 2.00 bits per heavy atom. The van der Waals surface area contributed by atoms with Gasteiger partial charge >= 0.3 is 0 Å². The summed E-state index contributed by atoms with van der Waals surface area (Å²) in [5.74, 6) is -1.41. The van der Waals surface area contributed by atoms with Gasteiger partial charge < -0.3 is 14.4 Å². The molecule has 1 aliphatic rings. The molecule has 0 radical (unpaired) electrons. The molecule has 1 aromatic carbocycles. The third-order valence-electron chi connectivity index (χ3n) is 4.53. The maximum atomic E-state index is 12.8. The first kappa shape index (κ1) is 19.3. The lowest BCUT2D eigenvalue weighted by Gasteiger charge is -2.26. The molecule has 1 aromatic heterocycles. The van der Waals surface area contributed by atoms with Crippen molar-refractivity contribution in [2.75, 3.05) is 0 Å². The van der Waals surface area contributed by atoms with E-state index in [1.165, 1.54) is 29.4 Å². The van der Waals surface area contributed by atoms with Gasteiger partial charge in [0.2, 0.25) is 0 Å². The van der Waals surface area contributed by atoms with Gasteiger partial charge in [-0.25, -0.2) is 0 Å². The molecule has 0 spiro atoms. The summed E-state index contributed by atoms with van der Waals surface area (Å²) in [7, 11) is 0. The van der Waals surface area contributed by atoms with Crippen LogP contribution in [0.15, 0.2) is 58.4 Å². The van der Waals surface area contributed by atoms with Crippen molar-refractivity contribution in [1.82, 2.24) is 4.90 Å². The predicted molar refractivity (Wildman–Crippen MR) is 99.2 cm³/mol. The van der Waals surface area contributed by atoms with Crippen molar-refractivity contribution >= 4 is 17.4 Å². The fourth-order valence-electron chi connectivity index (χ4n) is 3.36. The van der Waals surface area contributed by atoms with Crippen molar-refractivity contribution in [2.45, 2.75) is 32.9 Å². The molecule has 0 bridgehead atoms. The van der Waals surface area contributed by atoms with Crippen LogP contribution >= 0.6 is 0 Å². The van der Waals surface area contributed by atoms with Gasteiger partial charge in [-0.15, -0.1) is 0 Å². The number of nitrogens with zero attached hydrogens (tertiary/aromatic N) is 2. The number of hydrogen-bond acceptors (Lipinski definition) is 6. The molecule has 0 saturated heterocycles. The van der Waals surface area contributed by atoms with Crippen LogP contribution in [-0.4, -0.2) is 26.6 Å². The Morgan fingerprint density at radius 3 is 2.61 bits per heavy atom. The van der Waals surface area contributed by atoms with E-state index in [1.54, 1.807) is 18.2 Å². The predicted octanol–water partition coefficient (Wildman–Crippen LogP) is 3.70. The first-order valence-electron chi connectivity index (χ1n) is 8.84. The van der Waals surface area contributed by atoms with Gasteiger partial charge in [-0.2, -0.15) is 0 Å². The molecule has 3 rings (SSSR count). The topological polar surface area (TPSA) is 114 Å². The van der Waals surface area contributed by atoms with E-state index in [0.29, 0.717) is 5.76 Å². The van der Waals surface area contributed by atoms with Crippen LogP contribution in [0.1, 0.15) is 37.6 Å². The molecule has 146 valence electrons. The largest absolute Gasteiger partial charge is 0.503 e. The van der Waals surface area contributed by atoms with Crippen LogP contribution in [0.3, 0.4) is 0 Å². The summed E-state index contributed by atoms with van der Waals surface area (Å²) in [5, 5.41) is 22.0. The Morgan fingerprint density at radius 1 is 1.29 bits per heavy atom. The number of rotatable bonds is 7. The molecule has 1 atom stereocenters. The number of Topliss-reactive ketones (excluding diaryl/α,β-unsaturated/α-hetero) is 1. The zero-order valence-electron chi connectivity index (χ0n) is 15.5. The number of hydrogen-bond donors (Lipinski definition) is 1. The third-order valence-corrected chi connectivity index (χ3v) is 4.53. The Balaban J connectivity index is 2.13. The first-order valence-corrected chi connectivity index (χ1v) is 8.84. The molecule has 0 aliphatic carbocycles. The van der Waals surface area contributed by atoms with E-state index >= 15 is 0 Å². The maximum absolute atomic E-state index is 12.8. The lowest BCUT2D eigenvalue weighted by molar-refractivity contribution is -0.385. The zero-order chi connectivity index (χ0) is 20.4. The van der Waals surface area contributed by atoms with Crippen molar-refractivity contribution in [3.05, 3.63) is 75.4 Å². The van der Waals surface area contributed by atoms with Crippen LogP contribution in [0.5, 0.6) is 0 Å². The summed E-state index contributed by atoms with van der Waals surface area (Å²) < 4.78 is 5.29. The van der Waals surface area contributed by atoms with Crippen molar-refractivity contribution in [2.24, 2.45) is 5.92 Å². The number of para-hydroxylation sites is 1. The highest BCUT2D eigenvalue weighted by molar-refractivity contribution is 6.09. The van der Waals surface area contributed by atoms with Gasteiger partial charge in [0, 0.05) is 12.5 Å². The van der Waals surface area contributed by atoms with Gasteiger partial charge in [-0.3, -0.25) is 19.7 Å². The van der Waals surface area contributed by atoms with Gasteiger partial charge in [0.25, 0.3) is 11.6 Å². The summed E-state index contributed by atoms with van der Waals surface area (Å²) in [6, 6.07) is 8.14. The maximum Gasteiger partial charge on any atom is 0.290 e. The molecule has 8 heteroatoms. The number of furan rings is 1. The summed E-state index contributed by atoms with van der Waals surface area (Å²) in [5.41, 5.74) is -0.169. The Kier molecular flexibility index (Phi) is 5.30. The van der Waals surface area contributed by atoms with Crippen LogP contribution in [0, 0.1) is 16.0 Å². The SMILES string of the molecule is CC(C)CC(=O)C1=C(O)C(=O)N(Cc2ccco2)C1c1ccccc1[N+](=O)[O-]. The normalized spacial score (nSPS) is 16.9. The lowest BCUT2D eigenvalue weighted by atomic mass is 9.91. The molecule has 2 aromatic rings. The molecule has 28 heavy (non-hydrogen) atoms. The van der Waals surface area contributed by atoms with Crippen LogP contribution < -0.4 is 0 Å². The van der Waals surface area contributed by atoms with Gasteiger partial charge in [-0.05, 0) is 24.1 Å². The number of nitro benzene ring substituents is 1. The summed E-state index contributed by atoms with van der Waals surface area (Å²) in [4.78, 5) is 37.8. The fraction of sp³-hybridized carbons (Fsp3) is 0.300. The minimum Gasteiger partial charge on any atom is -0.503 e. The highest BCUT2D eigenvalue weighted by atomic mass is 16.6. The van der Waals surface area contributed by atoms with E-state index in [-0.39, 0.29) is 35.7 Å². The number of aliphatic hydroxyl groups is 1. The Hall–Kier alpha value is -3.42. The van der Waals surface area contributed by atoms with Gasteiger partial charge in [0.15, 0.2) is 11.5 Å². The highest BCUT2D eigenvalue weighted by Gasteiger charge is 2.45. The number of nitro groups is 1. The highest BCUT2D eigenvalue weighted by Crippen LogP contribution is 2.42. The van der Waals surface area contributed by atoms with Gasteiger partial charge in [0.05, 0.1) is 34.9 Å². The molecule has 8 nitrogen and oxygen atoms in total. The Labute approximate surface area is 161 Å². The number of ketones is 1. The third kappa shape index (κ3) is 3.53. The van der Waals surface area contributed by atoms with Crippen LogP contribution in [0.25, 0.3) is 0 Å². The van der Waals surface area contributed by atoms with E-state index in [0.717, 1.165) is 0 Å².